The molecular weight excluding hydrogens is 310 g/mol. The average Bonchev–Trinajstić information content (AvgIpc) is 2.65. The third-order valence-electron chi connectivity index (χ3n) is 4.47. The number of phenolic OH excluding ortho intramolecular Hbond substituents is 1. The summed E-state index contributed by atoms with van der Waals surface area (Å²) in [4.78, 5) is 2.45. The third kappa shape index (κ3) is 4.70. The van der Waals surface area contributed by atoms with Crippen LogP contribution in [0.15, 0.2) is 66.3 Å². The van der Waals surface area contributed by atoms with Crippen molar-refractivity contribution in [3.63, 3.8) is 0 Å². The van der Waals surface area contributed by atoms with Crippen molar-refractivity contribution in [3.05, 3.63) is 77.9 Å². The molecule has 0 radical (unpaired) electrons. The lowest BCUT2D eigenvalue weighted by Gasteiger charge is -2.33. The Bertz CT molecular complexity index is 719. The van der Waals surface area contributed by atoms with Crippen molar-refractivity contribution in [1.29, 1.82) is 0 Å². The first-order valence-electron chi connectivity index (χ1n) is 8.73. The Labute approximate surface area is 149 Å². The van der Waals surface area contributed by atoms with Gasteiger partial charge in [0.05, 0.1) is 6.21 Å². The van der Waals surface area contributed by atoms with E-state index in [1.54, 1.807) is 12.3 Å². The molecule has 1 aliphatic rings. The summed E-state index contributed by atoms with van der Waals surface area (Å²) in [5.41, 5.74) is 2.99. The second-order valence-electron chi connectivity index (χ2n) is 6.31. The first kappa shape index (κ1) is 17.2. The lowest BCUT2D eigenvalue weighted by molar-refractivity contribution is 0.131. The fourth-order valence-corrected chi connectivity index (χ4v) is 3.03. The molecule has 1 fully saturated rings. The molecule has 1 N–H and O–H groups in total. The fraction of sp³-hybridized carbons (Fsp3) is 0.286. The zero-order chi connectivity index (χ0) is 17.5. The predicted molar refractivity (Wildman–Crippen MR) is 103 cm³/mol. The van der Waals surface area contributed by atoms with Crippen LogP contribution in [0.1, 0.15) is 16.7 Å². The number of piperazine rings is 1. The highest BCUT2D eigenvalue weighted by molar-refractivity contribution is 5.83. The van der Waals surface area contributed by atoms with Crippen LogP contribution in [-0.4, -0.2) is 47.4 Å². The molecule has 2 aromatic carbocycles. The van der Waals surface area contributed by atoms with Gasteiger partial charge < -0.3 is 5.11 Å². The summed E-state index contributed by atoms with van der Waals surface area (Å²) in [7, 11) is 0. The zero-order valence-electron chi connectivity index (χ0n) is 14.5. The Morgan fingerprint density at radius 2 is 1.76 bits per heavy atom. The SMILES string of the molecule is C=CCc1cccc(/C=N\N2CCN(Cc3ccccc3)CC2)c1O. The van der Waals surface area contributed by atoms with E-state index in [1.165, 1.54) is 5.56 Å². The average molecular weight is 335 g/mol. The summed E-state index contributed by atoms with van der Waals surface area (Å²) in [6.45, 7) is 8.50. The summed E-state index contributed by atoms with van der Waals surface area (Å²) in [6.07, 6.45) is 4.21. The van der Waals surface area contributed by atoms with Crippen molar-refractivity contribution in [2.75, 3.05) is 26.2 Å². The summed E-state index contributed by atoms with van der Waals surface area (Å²) >= 11 is 0. The van der Waals surface area contributed by atoms with Crippen LogP contribution in [0, 0.1) is 0 Å². The van der Waals surface area contributed by atoms with Crippen molar-refractivity contribution < 1.29 is 5.11 Å². The van der Waals surface area contributed by atoms with Gasteiger partial charge in [0.25, 0.3) is 0 Å². The summed E-state index contributed by atoms with van der Waals surface area (Å²) < 4.78 is 0. The number of nitrogens with zero attached hydrogens (tertiary/aromatic N) is 3. The van der Waals surface area contributed by atoms with E-state index in [4.69, 9.17) is 0 Å². The van der Waals surface area contributed by atoms with E-state index in [9.17, 15) is 5.11 Å². The van der Waals surface area contributed by atoms with Crippen molar-refractivity contribution in [2.45, 2.75) is 13.0 Å². The standard InChI is InChI=1S/C21H25N3O/c1-2-7-19-10-6-11-20(21(19)25)16-22-24-14-12-23(13-15-24)17-18-8-4-3-5-9-18/h2-6,8-11,16,25H,1,7,12-15,17H2/b22-16-. The molecular formula is C21H25N3O. The van der Waals surface area contributed by atoms with Gasteiger partial charge in [-0.25, -0.2) is 0 Å². The highest BCUT2D eigenvalue weighted by Crippen LogP contribution is 2.22. The van der Waals surface area contributed by atoms with Crippen molar-refractivity contribution in [2.24, 2.45) is 5.10 Å². The van der Waals surface area contributed by atoms with E-state index in [-0.39, 0.29) is 0 Å². The maximum absolute atomic E-state index is 10.3. The molecule has 4 nitrogen and oxygen atoms in total. The van der Waals surface area contributed by atoms with E-state index in [2.05, 4.69) is 51.9 Å². The van der Waals surface area contributed by atoms with Gasteiger partial charge >= 0.3 is 0 Å². The Hall–Kier alpha value is -2.59. The second-order valence-corrected chi connectivity index (χ2v) is 6.31. The fourth-order valence-electron chi connectivity index (χ4n) is 3.03. The van der Waals surface area contributed by atoms with E-state index in [0.29, 0.717) is 12.2 Å². The lowest BCUT2D eigenvalue weighted by atomic mass is 10.1. The molecule has 0 spiro atoms. The minimum atomic E-state index is 0.300. The van der Waals surface area contributed by atoms with Crippen LogP contribution in [0.2, 0.25) is 0 Å². The van der Waals surface area contributed by atoms with Crippen molar-refractivity contribution in [3.8, 4) is 5.75 Å². The number of aromatic hydroxyl groups is 1. The van der Waals surface area contributed by atoms with Gasteiger partial charge in [-0.1, -0.05) is 48.5 Å². The van der Waals surface area contributed by atoms with Crippen LogP contribution in [0.3, 0.4) is 0 Å². The monoisotopic (exact) mass is 335 g/mol. The molecule has 0 aliphatic carbocycles. The molecule has 0 bridgehead atoms. The van der Waals surface area contributed by atoms with Crippen LogP contribution in [0.4, 0.5) is 0 Å². The smallest absolute Gasteiger partial charge is 0.127 e. The quantitative estimate of drug-likeness (QED) is 0.650. The predicted octanol–water partition coefficient (Wildman–Crippen LogP) is 3.27. The normalized spacial score (nSPS) is 15.6. The third-order valence-corrected chi connectivity index (χ3v) is 4.47. The Morgan fingerprint density at radius 3 is 2.48 bits per heavy atom. The molecule has 130 valence electrons. The summed E-state index contributed by atoms with van der Waals surface area (Å²) in [5, 5.41) is 16.9. The van der Waals surface area contributed by atoms with Crippen LogP contribution in [0.25, 0.3) is 0 Å². The van der Waals surface area contributed by atoms with Crippen LogP contribution < -0.4 is 0 Å². The van der Waals surface area contributed by atoms with E-state index in [0.717, 1.165) is 43.9 Å². The number of phenols is 1. The Kier molecular flexibility index (Phi) is 5.86. The molecule has 0 unspecified atom stereocenters. The topological polar surface area (TPSA) is 39.1 Å². The van der Waals surface area contributed by atoms with Gasteiger partial charge in [0.2, 0.25) is 0 Å². The molecule has 25 heavy (non-hydrogen) atoms. The van der Waals surface area contributed by atoms with E-state index in [1.807, 2.05) is 18.2 Å². The largest absolute Gasteiger partial charge is 0.507 e. The van der Waals surface area contributed by atoms with Crippen LogP contribution >= 0.6 is 0 Å². The van der Waals surface area contributed by atoms with Crippen LogP contribution in [-0.2, 0) is 13.0 Å². The van der Waals surface area contributed by atoms with Gasteiger partial charge in [0.1, 0.15) is 5.75 Å². The first-order chi connectivity index (χ1) is 12.3. The number of allylic oxidation sites excluding steroid dienone is 1. The zero-order valence-corrected chi connectivity index (χ0v) is 14.5. The molecule has 3 rings (SSSR count). The van der Waals surface area contributed by atoms with Crippen LogP contribution in [0.5, 0.6) is 5.75 Å². The molecule has 1 aliphatic heterocycles. The van der Waals surface area contributed by atoms with Crippen molar-refractivity contribution >= 4 is 6.21 Å². The molecule has 2 aromatic rings. The molecule has 1 saturated heterocycles. The minimum Gasteiger partial charge on any atom is -0.507 e. The van der Waals surface area contributed by atoms with Gasteiger partial charge in [-0.15, -0.1) is 6.58 Å². The molecule has 0 aromatic heterocycles. The number of hydrogen-bond acceptors (Lipinski definition) is 4. The molecule has 4 heteroatoms. The molecule has 0 atom stereocenters. The number of para-hydroxylation sites is 1. The maximum atomic E-state index is 10.3. The number of benzene rings is 2. The summed E-state index contributed by atoms with van der Waals surface area (Å²) in [6, 6.07) is 16.3. The van der Waals surface area contributed by atoms with Gasteiger partial charge in [-0.2, -0.15) is 5.10 Å². The molecule has 1 heterocycles. The van der Waals surface area contributed by atoms with Gasteiger partial charge in [0.15, 0.2) is 0 Å². The summed E-state index contributed by atoms with van der Waals surface area (Å²) in [5.74, 6) is 0.300. The number of hydrogen-bond donors (Lipinski definition) is 1. The van der Waals surface area contributed by atoms with Gasteiger partial charge in [-0.05, 0) is 23.6 Å². The van der Waals surface area contributed by atoms with Gasteiger partial charge in [-0.3, -0.25) is 9.91 Å². The Balaban J connectivity index is 1.54. The van der Waals surface area contributed by atoms with E-state index < -0.39 is 0 Å². The van der Waals surface area contributed by atoms with Gasteiger partial charge in [0, 0.05) is 38.3 Å². The first-order valence-corrected chi connectivity index (χ1v) is 8.73. The molecule has 0 amide bonds. The highest BCUT2D eigenvalue weighted by Gasteiger charge is 2.15. The number of hydrazone groups is 1. The molecule has 0 saturated carbocycles. The number of rotatable bonds is 6. The Morgan fingerprint density at radius 1 is 1.00 bits per heavy atom. The minimum absolute atomic E-state index is 0.300. The maximum Gasteiger partial charge on any atom is 0.127 e. The highest BCUT2D eigenvalue weighted by atomic mass is 16.3. The lowest BCUT2D eigenvalue weighted by Crippen LogP contribution is -2.43. The van der Waals surface area contributed by atoms with Crippen molar-refractivity contribution in [1.82, 2.24) is 9.91 Å². The second kappa shape index (κ2) is 8.49. The van der Waals surface area contributed by atoms with E-state index >= 15 is 0 Å².